The summed E-state index contributed by atoms with van der Waals surface area (Å²) < 4.78 is 6.05. The fraction of sp³-hybridized carbons (Fsp3) is 0.667. The molecule has 0 aliphatic rings. The van der Waals surface area contributed by atoms with Gasteiger partial charge in [0.15, 0.2) is 0 Å². The third-order valence-electron chi connectivity index (χ3n) is 2.58. The number of rotatable bonds is 7. The number of ether oxygens (including phenoxy) is 1. The summed E-state index contributed by atoms with van der Waals surface area (Å²) in [7, 11) is 1.67. The second kappa shape index (κ2) is 7.53. The van der Waals surface area contributed by atoms with Gasteiger partial charge in [0.2, 0.25) is 5.95 Å². The van der Waals surface area contributed by atoms with Gasteiger partial charge in [0, 0.05) is 26.7 Å². The Balaban J connectivity index is 3.18. The molecule has 1 rings (SSSR count). The number of aromatic nitrogens is 2. The number of methoxy groups -OCH3 is 1. The topological polar surface area (TPSA) is 50.3 Å². The van der Waals surface area contributed by atoms with Crippen LogP contribution in [-0.2, 0) is 11.3 Å². The van der Waals surface area contributed by atoms with Crippen LogP contribution in [0.2, 0.25) is 0 Å². The molecule has 0 aromatic carbocycles. The van der Waals surface area contributed by atoms with E-state index in [1.807, 2.05) is 6.92 Å². The maximum atomic E-state index is 5.18. The van der Waals surface area contributed by atoms with E-state index in [4.69, 9.17) is 4.74 Å². The van der Waals surface area contributed by atoms with Gasteiger partial charge in [-0.25, -0.2) is 4.98 Å². The average Bonchev–Trinajstić information content (AvgIpc) is 2.36. The first kappa shape index (κ1) is 15.2. The zero-order chi connectivity index (χ0) is 13.5. The minimum absolute atomic E-state index is 0.468. The Morgan fingerprint density at radius 1 is 1.22 bits per heavy atom. The first-order valence-electron chi connectivity index (χ1n) is 6.21. The van der Waals surface area contributed by atoms with Crippen LogP contribution in [0.1, 0.15) is 26.5 Å². The quantitative estimate of drug-likeness (QED) is 0.838. The molecule has 0 aliphatic heterocycles. The molecule has 18 heavy (non-hydrogen) atoms. The highest BCUT2D eigenvalue weighted by Gasteiger charge is 2.14. The van der Waals surface area contributed by atoms with Gasteiger partial charge in [-0.3, -0.25) is 0 Å². The molecule has 0 saturated heterocycles. The Labute approximate surface area is 117 Å². The van der Waals surface area contributed by atoms with Crippen LogP contribution in [0.3, 0.4) is 0 Å². The van der Waals surface area contributed by atoms with Gasteiger partial charge < -0.3 is 15.0 Å². The largest absolute Gasteiger partial charge is 0.378 e. The molecule has 6 heteroatoms. The number of halogens is 1. The zero-order valence-corrected chi connectivity index (χ0v) is 13.0. The summed E-state index contributed by atoms with van der Waals surface area (Å²) in [4.78, 5) is 11.2. The lowest BCUT2D eigenvalue weighted by atomic mass is 10.4. The van der Waals surface area contributed by atoms with Gasteiger partial charge in [-0.05, 0) is 36.7 Å². The Morgan fingerprint density at radius 2 is 1.89 bits per heavy atom. The first-order valence-corrected chi connectivity index (χ1v) is 7.01. The van der Waals surface area contributed by atoms with Gasteiger partial charge in [0.25, 0.3) is 0 Å². The van der Waals surface area contributed by atoms with E-state index < -0.39 is 0 Å². The summed E-state index contributed by atoms with van der Waals surface area (Å²) in [5, 5.41) is 3.24. The second-order valence-corrected chi connectivity index (χ2v) is 4.56. The number of hydrogen-bond acceptors (Lipinski definition) is 5. The summed E-state index contributed by atoms with van der Waals surface area (Å²) in [5.41, 5.74) is 0.866. The lowest BCUT2D eigenvalue weighted by molar-refractivity contribution is 0.181. The summed E-state index contributed by atoms with van der Waals surface area (Å²) >= 11 is 3.52. The zero-order valence-electron chi connectivity index (χ0n) is 11.5. The van der Waals surface area contributed by atoms with E-state index in [2.05, 4.69) is 50.0 Å². The number of nitrogens with zero attached hydrogens (tertiary/aromatic N) is 3. The molecule has 5 nitrogen and oxygen atoms in total. The summed E-state index contributed by atoms with van der Waals surface area (Å²) in [6.45, 7) is 9.29. The third kappa shape index (κ3) is 3.55. The lowest BCUT2D eigenvalue weighted by Crippen LogP contribution is -2.25. The average molecular weight is 317 g/mol. The van der Waals surface area contributed by atoms with Crippen LogP contribution >= 0.6 is 15.9 Å². The summed E-state index contributed by atoms with van der Waals surface area (Å²) in [5.74, 6) is 1.56. The normalized spacial score (nSPS) is 10.5. The summed E-state index contributed by atoms with van der Waals surface area (Å²) in [6, 6.07) is 0. The van der Waals surface area contributed by atoms with E-state index in [-0.39, 0.29) is 0 Å². The highest BCUT2D eigenvalue weighted by Crippen LogP contribution is 2.26. The highest BCUT2D eigenvalue weighted by atomic mass is 79.9. The molecular weight excluding hydrogens is 296 g/mol. The molecule has 1 aromatic heterocycles. The molecule has 102 valence electrons. The van der Waals surface area contributed by atoms with Crippen LogP contribution in [0, 0.1) is 0 Å². The Morgan fingerprint density at radius 3 is 2.39 bits per heavy atom. The Bertz CT molecular complexity index is 355. The maximum Gasteiger partial charge on any atom is 0.227 e. The molecule has 0 unspecified atom stereocenters. The van der Waals surface area contributed by atoms with Crippen molar-refractivity contribution in [1.82, 2.24) is 9.97 Å². The molecule has 1 heterocycles. The first-order chi connectivity index (χ1) is 8.67. The minimum Gasteiger partial charge on any atom is -0.378 e. The van der Waals surface area contributed by atoms with Crippen LogP contribution in [-0.4, -0.2) is 36.7 Å². The molecule has 0 atom stereocenters. The Hall–Kier alpha value is -0.880. The highest BCUT2D eigenvalue weighted by molar-refractivity contribution is 9.10. The van der Waals surface area contributed by atoms with E-state index in [0.717, 1.165) is 41.6 Å². The monoisotopic (exact) mass is 316 g/mol. The van der Waals surface area contributed by atoms with Crippen molar-refractivity contribution in [2.24, 2.45) is 0 Å². The third-order valence-corrected chi connectivity index (χ3v) is 3.41. The van der Waals surface area contributed by atoms with Crippen LogP contribution in [0.4, 0.5) is 11.8 Å². The predicted octanol–water partition coefficient (Wildman–Crippen LogP) is 2.66. The van der Waals surface area contributed by atoms with Gasteiger partial charge in [-0.1, -0.05) is 0 Å². The maximum absolute atomic E-state index is 5.18. The van der Waals surface area contributed by atoms with Crippen molar-refractivity contribution in [3.63, 3.8) is 0 Å². The van der Waals surface area contributed by atoms with Crippen molar-refractivity contribution in [3.05, 3.63) is 10.2 Å². The van der Waals surface area contributed by atoms with Crippen molar-refractivity contribution in [3.8, 4) is 0 Å². The van der Waals surface area contributed by atoms with E-state index >= 15 is 0 Å². The van der Waals surface area contributed by atoms with E-state index in [1.54, 1.807) is 7.11 Å². The Kier molecular flexibility index (Phi) is 6.35. The van der Waals surface area contributed by atoms with Gasteiger partial charge in [-0.15, -0.1) is 0 Å². The van der Waals surface area contributed by atoms with Crippen molar-refractivity contribution in [1.29, 1.82) is 0 Å². The second-order valence-electron chi connectivity index (χ2n) is 3.77. The van der Waals surface area contributed by atoms with Crippen LogP contribution in [0.25, 0.3) is 0 Å². The molecule has 0 amide bonds. The fourth-order valence-corrected chi connectivity index (χ4v) is 2.08. The van der Waals surface area contributed by atoms with Gasteiger partial charge >= 0.3 is 0 Å². The number of nitrogens with one attached hydrogen (secondary N) is 1. The molecule has 0 spiro atoms. The molecule has 1 aromatic rings. The van der Waals surface area contributed by atoms with Crippen LogP contribution in [0.5, 0.6) is 0 Å². The molecule has 1 N–H and O–H groups in total. The van der Waals surface area contributed by atoms with Crippen molar-refractivity contribution in [2.45, 2.75) is 27.4 Å². The molecule has 0 fully saturated rings. The van der Waals surface area contributed by atoms with E-state index in [0.29, 0.717) is 6.61 Å². The molecule has 0 bridgehead atoms. The van der Waals surface area contributed by atoms with Crippen molar-refractivity contribution in [2.75, 3.05) is 37.0 Å². The van der Waals surface area contributed by atoms with Crippen molar-refractivity contribution < 1.29 is 4.74 Å². The van der Waals surface area contributed by atoms with E-state index in [9.17, 15) is 0 Å². The smallest absolute Gasteiger partial charge is 0.227 e. The summed E-state index contributed by atoms with van der Waals surface area (Å²) in [6.07, 6.45) is 0. The SMILES string of the molecule is CCNc1nc(N(CC)CC)nc(COC)c1Br. The standard InChI is InChI=1S/C12H21BrN4O/c1-5-14-11-10(13)9(8-18-4)15-12(16-11)17(6-2)7-3/h5-8H2,1-4H3,(H,14,15,16). The minimum atomic E-state index is 0.468. The number of hydrogen-bond donors (Lipinski definition) is 1. The number of anilines is 2. The van der Waals surface area contributed by atoms with Gasteiger partial charge in [0.05, 0.1) is 16.8 Å². The van der Waals surface area contributed by atoms with Crippen molar-refractivity contribution >= 4 is 27.7 Å². The molecule has 0 radical (unpaired) electrons. The molecular formula is C12H21BrN4O. The van der Waals surface area contributed by atoms with E-state index in [1.165, 1.54) is 0 Å². The predicted molar refractivity (Wildman–Crippen MR) is 78.2 cm³/mol. The van der Waals surface area contributed by atoms with Gasteiger partial charge in [-0.2, -0.15) is 4.98 Å². The molecule has 0 saturated carbocycles. The molecule has 0 aliphatic carbocycles. The van der Waals surface area contributed by atoms with Crippen LogP contribution in [0.15, 0.2) is 4.47 Å². The van der Waals surface area contributed by atoms with Gasteiger partial charge in [0.1, 0.15) is 5.82 Å². The fourth-order valence-electron chi connectivity index (χ4n) is 1.65. The van der Waals surface area contributed by atoms with Crippen LogP contribution < -0.4 is 10.2 Å². The lowest BCUT2D eigenvalue weighted by Gasteiger charge is -2.21.